The van der Waals surface area contributed by atoms with Crippen LogP contribution in [0.5, 0.6) is 0 Å². The van der Waals surface area contributed by atoms with E-state index in [-0.39, 0.29) is 17.5 Å². The predicted molar refractivity (Wildman–Crippen MR) is 129 cm³/mol. The van der Waals surface area contributed by atoms with Crippen molar-refractivity contribution < 1.29 is 9.18 Å². The molecule has 1 amide bonds. The van der Waals surface area contributed by atoms with Crippen LogP contribution < -0.4 is 5.32 Å². The van der Waals surface area contributed by atoms with Crippen LogP contribution in [0.1, 0.15) is 11.1 Å². The summed E-state index contributed by atoms with van der Waals surface area (Å²) in [4.78, 5) is 16.9. The summed E-state index contributed by atoms with van der Waals surface area (Å²) in [6.45, 7) is 4.09. The Morgan fingerprint density at radius 2 is 2.00 bits per heavy atom. The molecule has 0 bridgehead atoms. The molecule has 31 heavy (non-hydrogen) atoms. The molecule has 158 valence electrons. The van der Waals surface area contributed by atoms with E-state index in [1.54, 1.807) is 16.8 Å². The highest BCUT2D eigenvalue weighted by molar-refractivity contribution is 8.01. The first-order valence-electron chi connectivity index (χ1n) is 9.21. The second-order valence-electron chi connectivity index (χ2n) is 6.72. The molecule has 0 spiro atoms. The van der Waals surface area contributed by atoms with E-state index in [0.717, 1.165) is 22.4 Å². The van der Waals surface area contributed by atoms with Gasteiger partial charge >= 0.3 is 0 Å². The maximum absolute atomic E-state index is 13.1. The minimum atomic E-state index is -0.320. The zero-order valence-corrected chi connectivity index (χ0v) is 19.9. The number of aromatic nitrogens is 3. The van der Waals surface area contributed by atoms with Crippen molar-refractivity contribution in [1.82, 2.24) is 14.8 Å². The third-order valence-corrected chi connectivity index (χ3v) is 7.47. The first kappa shape index (κ1) is 21.8. The Labute approximate surface area is 196 Å². The van der Waals surface area contributed by atoms with Gasteiger partial charge in [0.1, 0.15) is 5.82 Å². The van der Waals surface area contributed by atoms with Crippen molar-refractivity contribution in [2.24, 2.45) is 0 Å². The summed E-state index contributed by atoms with van der Waals surface area (Å²) in [7, 11) is 0. The van der Waals surface area contributed by atoms with Gasteiger partial charge in [0, 0.05) is 10.9 Å². The summed E-state index contributed by atoms with van der Waals surface area (Å²) in [6.07, 6.45) is 0. The number of rotatable bonds is 6. The Morgan fingerprint density at radius 3 is 2.77 bits per heavy atom. The minimum absolute atomic E-state index is 0.165. The zero-order chi connectivity index (χ0) is 22.0. The Hall–Kier alpha value is -2.40. The lowest BCUT2D eigenvalue weighted by Gasteiger charge is -2.04. The van der Waals surface area contributed by atoms with Crippen molar-refractivity contribution in [3.8, 4) is 16.9 Å². The first-order valence-corrected chi connectivity index (χ1v) is 12.3. The third-order valence-electron chi connectivity index (χ3n) is 4.35. The minimum Gasteiger partial charge on any atom is -0.301 e. The maximum Gasteiger partial charge on any atom is 0.236 e. The molecule has 10 heteroatoms. The Bertz CT molecular complexity index is 1290. The van der Waals surface area contributed by atoms with E-state index in [4.69, 9.17) is 12.2 Å². The topological polar surface area (TPSA) is 59.8 Å². The van der Waals surface area contributed by atoms with E-state index in [9.17, 15) is 9.18 Å². The number of nitrogens with one attached hydrogen (secondary N) is 1. The van der Waals surface area contributed by atoms with Crippen LogP contribution in [0.3, 0.4) is 0 Å². The van der Waals surface area contributed by atoms with Gasteiger partial charge in [-0.2, -0.15) is 0 Å². The lowest BCUT2D eigenvalue weighted by atomic mass is 10.0. The quantitative estimate of drug-likeness (QED) is 0.256. The van der Waals surface area contributed by atoms with Crippen LogP contribution in [-0.4, -0.2) is 26.4 Å². The molecule has 5 nitrogen and oxygen atoms in total. The highest BCUT2D eigenvalue weighted by Gasteiger charge is 2.12. The molecule has 0 aliphatic heterocycles. The van der Waals surface area contributed by atoms with E-state index >= 15 is 0 Å². The second-order valence-corrected chi connectivity index (χ2v) is 10.4. The zero-order valence-electron chi connectivity index (χ0n) is 16.6. The van der Waals surface area contributed by atoms with Crippen molar-refractivity contribution in [3.05, 3.63) is 68.7 Å². The average Bonchev–Trinajstić information content (AvgIpc) is 3.35. The molecule has 2 aromatic heterocycles. The Morgan fingerprint density at radius 1 is 1.23 bits per heavy atom. The van der Waals surface area contributed by atoms with Gasteiger partial charge in [0.25, 0.3) is 0 Å². The van der Waals surface area contributed by atoms with Crippen molar-refractivity contribution in [2.45, 2.75) is 18.2 Å². The molecule has 0 aliphatic rings. The predicted octanol–water partition coefficient (Wildman–Crippen LogP) is 6.27. The number of hydrogen-bond donors (Lipinski definition) is 1. The van der Waals surface area contributed by atoms with Crippen LogP contribution in [0, 0.1) is 23.6 Å². The molecule has 0 fully saturated rings. The molecular weight excluding hydrogens is 472 g/mol. The summed E-state index contributed by atoms with van der Waals surface area (Å²) < 4.78 is 15.9. The van der Waals surface area contributed by atoms with Gasteiger partial charge in [0.15, 0.2) is 13.4 Å². The molecule has 0 saturated heterocycles. The van der Waals surface area contributed by atoms with E-state index in [1.807, 2.05) is 19.2 Å². The van der Waals surface area contributed by atoms with Gasteiger partial charge in [-0.3, -0.25) is 4.79 Å². The Balaban J connectivity index is 1.39. The summed E-state index contributed by atoms with van der Waals surface area (Å²) in [5.41, 5.74) is 4.91. The van der Waals surface area contributed by atoms with E-state index < -0.39 is 0 Å². The smallest absolute Gasteiger partial charge is 0.236 e. The average molecular weight is 489 g/mol. The Kier molecular flexibility index (Phi) is 6.61. The monoisotopic (exact) mass is 488 g/mol. The van der Waals surface area contributed by atoms with Gasteiger partial charge in [0.2, 0.25) is 5.91 Å². The standard InChI is InChI=1S/C21H17FN4OS4/c1-12-3-4-13(2)16(9-12)17-10-29-19(23-17)24-18(27)11-30-20-25-26(21(28)31-20)15-7-5-14(22)6-8-15/h3-10H,11H2,1-2H3,(H,23,24,27). The normalized spacial score (nSPS) is 10.9. The highest BCUT2D eigenvalue weighted by atomic mass is 32.2. The first-order chi connectivity index (χ1) is 14.9. The van der Waals surface area contributed by atoms with E-state index in [0.29, 0.717) is 19.1 Å². The number of carbonyl (C=O) groups excluding carboxylic acids is 1. The number of hydrogen-bond acceptors (Lipinski definition) is 7. The van der Waals surface area contributed by atoms with Gasteiger partial charge in [-0.15, -0.1) is 16.4 Å². The van der Waals surface area contributed by atoms with Crippen LogP contribution in [0.15, 0.2) is 52.2 Å². The van der Waals surface area contributed by atoms with Crippen molar-refractivity contribution in [2.75, 3.05) is 11.1 Å². The number of amides is 1. The van der Waals surface area contributed by atoms with Crippen molar-refractivity contribution in [1.29, 1.82) is 0 Å². The van der Waals surface area contributed by atoms with E-state index in [2.05, 4.69) is 33.6 Å². The lowest BCUT2D eigenvalue weighted by Crippen LogP contribution is -2.13. The van der Waals surface area contributed by atoms with Gasteiger partial charge in [0.05, 0.1) is 17.1 Å². The van der Waals surface area contributed by atoms with Gasteiger partial charge in [-0.1, -0.05) is 40.8 Å². The van der Waals surface area contributed by atoms with Crippen LogP contribution >= 0.6 is 46.7 Å². The number of thioether (sulfide) groups is 1. The fraction of sp³-hybridized carbons (Fsp3) is 0.143. The molecule has 2 heterocycles. The molecular formula is C21H17FN4OS4. The maximum atomic E-state index is 13.1. The third kappa shape index (κ3) is 5.27. The molecule has 0 atom stereocenters. The number of anilines is 1. The molecule has 4 aromatic rings. The molecule has 4 rings (SSSR count). The summed E-state index contributed by atoms with van der Waals surface area (Å²) in [5, 5.41) is 9.78. The van der Waals surface area contributed by atoms with Crippen LogP contribution in [0.25, 0.3) is 16.9 Å². The molecule has 0 unspecified atom stereocenters. The van der Waals surface area contributed by atoms with Crippen molar-refractivity contribution in [3.63, 3.8) is 0 Å². The second kappa shape index (κ2) is 9.39. The summed E-state index contributed by atoms with van der Waals surface area (Å²) in [5.74, 6) is -0.301. The number of nitrogens with zero attached hydrogens (tertiary/aromatic N) is 3. The highest BCUT2D eigenvalue weighted by Crippen LogP contribution is 2.29. The molecule has 2 aromatic carbocycles. The van der Waals surface area contributed by atoms with Gasteiger partial charge < -0.3 is 5.32 Å². The number of aryl methyl sites for hydroxylation is 2. The number of thiazole rings is 1. The molecule has 0 radical (unpaired) electrons. The molecule has 1 N–H and O–H groups in total. The molecule has 0 aliphatic carbocycles. The summed E-state index contributed by atoms with van der Waals surface area (Å²) in [6, 6.07) is 12.2. The van der Waals surface area contributed by atoms with Crippen molar-refractivity contribution >= 4 is 57.7 Å². The summed E-state index contributed by atoms with van der Waals surface area (Å²) >= 11 is 9.35. The number of benzene rings is 2. The van der Waals surface area contributed by atoms with Crippen LogP contribution in [0.2, 0.25) is 0 Å². The lowest BCUT2D eigenvalue weighted by molar-refractivity contribution is -0.113. The van der Waals surface area contributed by atoms with Crippen LogP contribution in [0.4, 0.5) is 9.52 Å². The van der Waals surface area contributed by atoms with Crippen LogP contribution in [-0.2, 0) is 4.79 Å². The number of halogens is 1. The van der Waals surface area contributed by atoms with Gasteiger partial charge in [-0.25, -0.2) is 14.1 Å². The van der Waals surface area contributed by atoms with E-state index in [1.165, 1.54) is 46.6 Å². The molecule has 0 saturated carbocycles. The number of carbonyl (C=O) groups is 1. The van der Waals surface area contributed by atoms with Gasteiger partial charge in [-0.05, 0) is 62.0 Å². The fourth-order valence-corrected chi connectivity index (χ4v) is 5.70. The SMILES string of the molecule is Cc1ccc(C)c(-c2csc(NC(=O)CSc3nn(-c4ccc(F)cc4)c(=S)s3)n2)c1. The largest absolute Gasteiger partial charge is 0.301 e. The fourth-order valence-electron chi connectivity index (χ4n) is 2.81.